The van der Waals surface area contributed by atoms with Crippen molar-refractivity contribution in [3.05, 3.63) is 36.3 Å². The molecule has 0 radical (unpaired) electrons. The molecule has 23 heavy (non-hydrogen) atoms. The second kappa shape index (κ2) is 8.01. The molecule has 7 heteroatoms. The number of nitrogens with one attached hydrogen (secondary N) is 1. The smallest absolute Gasteiger partial charge is 0.220 e. The fourth-order valence-electron chi connectivity index (χ4n) is 2.82. The molecule has 0 aliphatic carbocycles. The first-order chi connectivity index (χ1) is 11.3. The summed E-state index contributed by atoms with van der Waals surface area (Å²) in [5.41, 5.74) is 1.10. The Morgan fingerprint density at radius 2 is 2.22 bits per heavy atom. The van der Waals surface area contributed by atoms with Crippen LogP contribution in [0, 0.1) is 5.92 Å². The van der Waals surface area contributed by atoms with Gasteiger partial charge in [-0.25, -0.2) is 0 Å². The Kier molecular flexibility index (Phi) is 5.52. The molecule has 1 aliphatic heterocycles. The number of aromatic nitrogens is 3. The molecular weight excluding hydrogens is 310 g/mol. The van der Waals surface area contributed by atoms with Gasteiger partial charge in [0.15, 0.2) is 5.82 Å². The largest absolute Gasteiger partial charge is 0.356 e. The van der Waals surface area contributed by atoms with Crippen LogP contribution in [0.15, 0.2) is 30.7 Å². The molecule has 3 rings (SSSR count). The predicted molar refractivity (Wildman–Crippen MR) is 90.4 cm³/mol. The zero-order chi connectivity index (χ0) is 15.9. The van der Waals surface area contributed by atoms with E-state index in [4.69, 9.17) is 0 Å². The molecule has 1 N–H and O–H groups in total. The summed E-state index contributed by atoms with van der Waals surface area (Å²) in [5.74, 6) is 1.66. The van der Waals surface area contributed by atoms with E-state index in [1.807, 2.05) is 24.5 Å². The third-order valence-electron chi connectivity index (χ3n) is 4.24. The van der Waals surface area contributed by atoms with Gasteiger partial charge in [-0.1, -0.05) is 6.07 Å². The fourth-order valence-corrected chi connectivity index (χ4v) is 3.25. The van der Waals surface area contributed by atoms with Crippen molar-refractivity contribution in [1.82, 2.24) is 19.0 Å². The van der Waals surface area contributed by atoms with Crippen molar-refractivity contribution < 1.29 is 4.79 Å². The minimum Gasteiger partial charge on any atom is -0.356 e. The SMILES string of the molecule is O=C(CCc1cccnc1)NCC1CCN(c2cnsn2)CC1. The van der Waals surface area contributed by atoms with E-state index in [0.717, 1.165) is 50.3 Å². The average Bonchev–Trinajstić information content (AvgIpc) is 3.14. The summed E-state index contributed by atoms with van der Waals surface area (Å²) in [6.07, 6.45) is 8.82. The molecule has 0 atom stereocenters. The number of anilines is 1. The van der Waals surface area contributed by atoms with Gasteiger partial charge in [0.1, 0.15) is 0 Å². The first-order valence-electron chi connectivity index (χ1n) is 7.99. The van der Waals surface area contributed by atoms with Crippen LogP contribution in [0.25, 0.3) is 0 Å². The van der Waals surface area contributed by atoms with Crippen molar-refractivity contribution in [1.29, 1.82) is 0 Å². The van der Waals surface area contributed by atoms with Gasteiger partial charge in [-0.2, -0.15) is 8.75 Å². The summed E-state index contributed by atoms with van der Waals surface area (Å²) in [4.78, 5) is 18.3. The zero-order valence-electron chi connectivity index (χ0n) is 13.0. The Morgan fingerprint density at radius 1 is 1.35 bits per heavy atom. The van der Waals surface area contributed by atoms with E-state index in [1.54, 1.807) is 6.20 Å². The first-order valence-corrected chi connectivity index (χ1v) is 8.72. The van der Waals surface area contributed by atoms with Crippen LogP contribution in [0.4, 0.5) is 5.82 Å². The maximum atomic E-state index is 12.0. The van der Waals surface area contributed by atoms with Crippen molar-refractivity contribution >= 4 is 23.5 Å². The standard InChI is InChI=1S/C16H21N5OS/c22-16(4-3-13-2-1-7-17-10-13)18-11-14-5-8-21(9-6-14)15-12-19-23-20-15/h1-2,7,10,12,14H,3-6,8-9,11H2,(H,18,22). The average molecular weight is 331 g/mol. The Labute approximate surface area is 140 Å². The van der Waals surface area contributed by atoms with Crippen LogP contribution in [0.3, 0.4) is 0 Å². The summed E-state index contributed by atoms with van der Waals surface area (Å²) in [6, 6.07) is 3.90. The second-order valence-corrected chi connectivity index (χ2v) is 6.42. The van der Waals surface area contributed by atoms with Crippen LogP contribution >= 0.6 is 11.7 Å². The number of hydrogen-bond acceptors (Lipinski definition) is 6. The normalized spacial score (nSPS) is 15.6. The minimum absolute atomic E-state index is 0.125. The van der Waals surface area contributed by atoms with Crippen molar-refractivity contribution in [3.8, 4) is 0 Å². The van der Waals surface area contributed by atoms with Crippen LogP contribution in [-0.2, 0) is 11.2 Å². The third-order valence-corrected chi connectivity index (χ3v) is 4.71. The van der Waals surface area contributed by atoms with E-state index in [-0.39, 0.29) is 5.91 Å². The van der Waals surface area contributed by atoms with Gasteiger partial charge in [-0.15, -0.1) is 0 Å². The number of pyridine rings is 1. The molecule has 2 aromatic rings. The van der Waals surface area contributed by atoms with Gasteiger partial charge in [0, 0.05) is 38.4 Å². The van der Waals surface area contributed by atoms with E-state index in [0.29, 0.717) is 12.3 Å². The highest BCUT2D eigenvalue weighted by atomic mass is 32.1. The molecule has 0 unspecified atom stereocenters. The highest BCUT2D eigenvalue weighted by Crippen LogP contribution is 2.21. The summed E-state index contributed by atoms with van der Waals surface area (Å²) in [5, 5.41) is 3.07. The Morgan fingerprint density at radius 3 is 2.91 bits per heavy atom. The van der Waals surface area contributed by atoms with Crippen molar-refractivity contribution in [2.24, 2.45) is 5.92 Å². The second-order valence-electron chi connectivity index (χ2n) is 5.86. The fraction of sp³-hybridized carbons (Fsp3) is 0.500. The molecule has 6 nitrogen and oxygen atoms in total. The van der Waals surface area contributed by atoms with Crippen LogP contribution < -0.4 is 10.2 Å². The lowest BCUT2D eigenvalue weighted by Gasteiger charge is -2.31. The molecular formula is C16H21N5OS. The quantitative estimate of drug-likeness (QED) is 0.875. The van der Waals surface area contributed by atoms with Crippen LogP contribution in [0.5, 0.6) is 0 Å². The van der Waals surface area contributed by atoms with E-state index < -0.39 is 0 Å². The van der Waals surface area contributed by atoms with Crippen LogP contribution in [0.1, 0.15) is 24.8 Å². The summed E-state index contributed by atoms with van der Waals surface area (Å²) >= 11 is 1.25. The van der Waals surface area contributed by atoms with Gasteiger partial charge >= 0.3 is 0 Å². The number of amides is 1. The molecule has 0 saturated carbocycles. The minimum atomic E-state index is 0.125. The number of nitrogens with zero attached hydrogens (tertiary/aromatic N) is 4. The molecule has 1 fully saturated rings. The number of carbonyl (C=O) groups is 1. The summed E-state index contributed by atoms with van der Waals surface area (Å²) in [6.45, 7) is 2.75. The summed E-state index contributed by atoms with van der Waals surface area (Å²) in [7, 11) is 0. The van der Waals surface area contributed by atoms with E-state index in [1.165, 1.54) is 11.7 Å². The topological polar surface area (TPSA) is 71.0 Å². The molecule has 1 saturated heterocycles. The lowest BCUT2D eigenvalue weighted by molar-refractivity contribution is -0.121. The lowest BCUT2D eigenvalue weighted by atomic mass is 9.97. The molecule has 3 heterocycles. The molecule has 0 aromatic carbocycles. The van der Waals surface area contributed by atoms with Gasteiger partial charge in [-0.05, 0) is 36.8 Å². The molecule has 0 spiro atoms. The van der Waals surface area contributed by atoms with Gasteiger partial charge in [0.25, 0.3) is 0 Å². The van der Waals surface area contributed by atoms with E-state index in [2.05, 4.69) is 23.9 Å². The lowest BCUT2D eigenvalue weighted by Crippen LogP contribution is -2.38. The van der Waals surface area contributed by atoms with Crippen LogP contribution in [-0.4, -0.2) is 39.3 Å². The Bertz CT molecular complexity index is 596. The molecule has 1 amide bonds. The maximum absolute atomic E-state index is 12.0. The number of carbonyl (C=O) groups excluding carboxylic acids is 1. The number of hydrogen-bond donors (Lipinski definition) is 1. The Balaban J connectivity index is 1.34. The van der Waals surface area contributed by atoms with Crippen LogP contribution in [0.2, 0.25) is 0 Å². The number of piperidine rings is 1. The van der Waals surface area contributed by atoms with Gasteiger partial charge in [0.2, 0.25) is 5.91 Å². The predicted octanol–water partition coefficient (Wildman–Crippen LogP) is 1.90. The monoisotopic (exact) mass is 331 g/mol. The molecule has 2 aromatic heterocycles. The molecule has 1 aliphatic rings. The maximum Gasteiger partial charge on any atom is 0.220 e. The van der Waals surface area contributed by atoms with Crippen molar-refractivity contribution in [3.63, 3.8) is 0 Å². The van der Waals surface area contributed by atoms with Gasteiger partial charge < -0.3 is 10.2 Å². The van der Waals surface area contributed by atoms with E-state index in [9.17, 15) is 4.79 Å². The van der Waals surface area contributed by atoms with Gasteiger partial charge in [0.05, 0.1) is 17.9 Å². The van der Waals surface area contributed by atoms with Crippen molar-refractivity contribution in [2.45, 2.75) is 25.7 Å². The van der Waals surface area contributed by atoms with Crippen molar-refractivity contribution in [2.75, 3.05) is 24.5 Å². The highest BCUT2D eigenvalue weighted by molar-refractivity contribution is 6.99. The number of rotatable bonds is 6. The molecule has 122 valence electrons. The molecule has 0 bridgehead atoms. The number of aryl methyl sites for hydroxylation is 1. The van der Waals surface area contributed by atoms with Gasteiger partial charge in [-0.3, -0.25) is 9.78 Å². The Hall–Kier alpha value is -2.02. The third kappa shape index (κ3) is 4.72. The highest BCUT2D eigenvalue weighted by Gasteiger charge is 2.21. The summed E-state index contributed by atoms with van der Waals surface area (Å²) < 4.78 is 8.32. The van der Waals surface area contributed by atoms with E-state index >= 15 is 0 Å². The zero-order valence-corrected chi connectivity index (χ0v) is 13.8. The first kappa shape index (κ1) is 15.9.